The Hall–Kier alpha value is -0.870. The number of fused-ring (bicyclic) bond motifs is 5. The minimum atomic E-state index is -0.121. The molecule has 1 heterocycles. The molecule has 5 rings (SSSR count). The molecule has 4 fully saturated rings. The number of hydrogen-bond donors (Lipinski definition) is 1. The predicted molar refractivity (Wildman–Crippen MR) is 108 cm³/mol. The molecule has 8 atom stereocenters. The number of esters is 1. The minimum absolute atomic E-state index is 0.121. The summed E-state index contributed by atoms with van der Waals surface area (Å²) >= 11 is 0. The number of cyclic esters (lactones) is 1. The van der Waals surface area contributed by atoms with Crippen molar-refractivity contribution in [3.8, 4) is 0 Å². The van der Waals surface area contributed by atoms with Gasteiger partial charge < -0.3 is 4.74 Å². The van der Waals surface area contributed by atoms with Crippen molar-refractivity contribution in [3.05, 3.63) is 11.6 Å². The molecule has 1 N–H and O–H groups in total. The third-order valence-electron chi connectivity index (χ3n) is 10.0. The summed E-state index contributed by atoms with van der Waals surface area (Å²) in [6.45, 7) is 5.71. The Bertz CT molecular complexity index is 675. The van der Waals surface area contributed by atoms with Gasteiger partial charge in [0.1, 0.15) is 6.61 Å². The van der Waals surface area contributed by atoms with Gasteiger partial charge in [-0.15, -0.1) is 0 Å². The third-order valence-corrected chi connectivity index (χ3v) is 10.0. The van der Waals surface area contributed by atoms with Crippen LogP contribution >= 0.6 is 0 Å². The zero-order valence-electron chi connectivity index (χ0n) is 17.8. The maximum absolute atomic E-state index is 11.7. The monoisotopic (exact) mass is 387 g/mol. The molecule has 0 aromatic rings. The standard InChI is InChI=1S/C24H37NO3/c1-23-10-8-17(28-25-3)13-16(23)4-5-18-20-7-6-19(15-12-22(26)27-14-15)24(20,2)11-9-21(18)23/h12,16-21,25H,4-11,13-14H2,1-3H3/t16-,17-,18+,19-,20+,21+,23+,24-/m1/s1. The molecule has 0 aromatic carbocycles. The van der Waals surface area contributed by atoms with Gasteiger partial charge in [0.2, 0.25) is 0 Å². The lowest BCUT2D eigenvalue weighted by atomic mass is 9.44. The highest BCUT2D eigenvalue weighted by Crippen LogP contribution is 2.68. The van der Waals surface area contributed by atoms with Crippen LogP contribution in [0.2, 0.25) is 0 Å². The number of hydroxylamine groups is 1. The van der Waals surface area contributed by atoms with Crippen molar-refractivity contribution in [1.82, 2.24) is 5.48 Å². The van der Waals surface area contributed by atoms with Gasteiger partial charge in [-0.1, -0.05) is 13.8 Å². The van der Waals surface area contributed by atoms with E-state index >= 15 is 0 Å². The van der Waals surface area contributed by atoms with Gasteiger partial charge in [0.05, 0.1) is 6.10 Å². The first-order valence-electron chi connectivity index (χ1n) is 11.7. The first-order valence-corrected chi connectivity index (χ1v) is 11.7. The van der Waals surface area contributed by atoms with Crippen molar-refractivity contribution in [2.75, 3.05) is 13.7 Å². The van der Waals surface area contributed by atoms with Gasteiger partial charge in [0.25, 0.3) is 0 Å². The van der Waals surface area contributed by atoms with Crippen molar-refractivity contribution in [1.29, 1.82) is 0 Å². The molecule has 1 aliphatic heterocycles. The van der Waals surface area contributed by atoms with Crippen LogP contribution in [0.3, 0.4) is 0 Å². The fraction of sp³-hybridized carbons (Fsp3) is 0.875. The highest BCUT2D eigenvalue weighted by atomic mass is 16.7. The van der Waals surface area contributed by atoms with E-state index in [0.29, 0.717) is 29.5 Å². The summed E-state index contributed by atoms with van der Waals surface area (Å²) in [6.07, 6.45) is 14.1. The van der Waals surface area contributed by atoms with E-state index in [4.69, 9.17) is 9.57 Å². The second kappa shape index (κ2) is 6.84. The van der Waals surface area contributed by atoms with Crippen molar-refractivity contribution in [3.63, 3.8) is 0 Å². The van der Waals surface area contributed by atoms with E-state index in [1.54, 1.807) is 0 Å². The Balaban J connectivity index is 1.36. The van der Waals surface area contributed by atoms with Crippen LogP contribution in [0.15, 0.2) is 11.6 Å². The van der Waals surface area contributed by atoms with E-state index in [2.05, 4.69) is 19.3 Å². The maximum atomic E-state index is 11.7. The summed E-state index contributed by atoms with van der Waals surface area (Å²) in [5.74, 6) is 3.86. The fourth-order valence-corrected chi connectivity index (χ4v) is 8.69. The first-order chi connectivity index (χ1) is 13.5. The lowest BCUT2D eigenvalue weighted by Gasteiger charge is -2.61. The Morgan fingerprint density at radius 2 is 1.82 bits per heavy atom. The van der Waals surface area contributed by atoms with E-state index in [-0.39, 0.29) is 5.97 Å². The lowest BCUT2D eigenvalue weighted by Crippen LogP contribution is -2.54. The Morgan fingerprint density at radius 3 is 2.57 bits per heavy atom. The Labute approximate surface area is 169 Å². The van der Waals surface area contributed by atoms with Gasteiger partial charge >= 0.3 is 5.97 Å². The summed E-state index contributed by atoms with van der Waals surface area (Å²) in [4.78, 5) is 17.4. The molecule has 0 aromatic heterocycles. The fourth-order valence-electron chi connectivity index (χ4n) is 8.69. The van der Waals surface area contributed by atoms with Gasteiger partial charge in [0, 0.05) is 13.1 Å². The summed E-state index contributed by atoms with van der Waals surface area (Å²) in [7, 11) is 1.89. The molecule has 0 unspecified atom stereocenters. The molecular formula is C24H37NO3. The number of carbonyl (C=O) groups is 1. The highest BCUT2D eigenvalue weighted by Gasteiger charge is 2.60. The molecule has 4 heteroatoms. The zero-order chi connectivity index (χ0) is 19.5. The van der Waals surface area contributed by atoms with Crippen molar-refractivity contribution in [2.45, 2.75) is 77.7 Å². The number of carbonyl (C=O) groups excluding carboxylic acids is 1. The molecule has 5 aliphatic rings. The summed E-state index contributed by atoms with van der Waals surface area (Å²) in [6, 6.07) is 0. The smallest absolute Gasteiger partial charge is 0.331 e. The van der Waals surface area contributed by atoms with Gasteiger partial charge in [0.15, 0.2) is 0 Å². The second-order valence-corrected chi connectivity index (χ2v) is 10.9. The molecular weight excluding hydrogens is 350 g/mol. The molecule has 156 valence electrons. The van der Waals surface area contributed by atoms with E-state index in [1.165, 1.54) is 63.4 Å². The van der Waals surface area contributed by atoms with E-state index in [0.717, 1.165) is 23.7 Å². The molecule has 4 nitrogen and oxygen atoms in total. The minimum Gasteiger partial charge on any atom is -0.458 e. The van der Waals surface area contributed by atoms with Crippen molar-refractivity contribution >= 4 is 5.97 Å². The summed E-state index contributed by atoms with van der Waals surface area (Å²) in [5.41, 5.74) is 5.10. The van der Waals surface area contributed by atoms with Crippen LogP contribution in [0.4, 0.5) is 0 Å². The van der Waals surface area contributed by atoms with Crippen LogP contribution < -0.4 is 5.48 Å². The summed E-state index contributed by atoms with van der Waals surface area (Å²) < 4.78 is 5.28. The van der Waals surface area contributed by atoms with Crippen LogP contribution in [0.25, 0.3) is 0 Å². The third kappa shape index (κ3) is 2.74. The van der Waals surface area contributed by atoms with Crippen LogP contribution in [0.1, 0.15) is 71.6 Å². The molecule has 0 bridgehead atoms. The summed E-state index contributed by atoms with van der Waals surface area (Å²) in [5, 5.41) is 0. The van der Waals surface area contributed by atoms with Crippen LogP contribution in [0, 0.1) is 40.4 Å². The largest absolute Gasteiger partial charge is 0.458 e. The molecule has 0 radical (unpaired) electrons. The van der Waals surface area contributed by atoms with Crippen molar-refractivity contribution < 1.29 is 14.4 Å². The van der Waals surface area contributed by atoms with E-state index in [9.17, 15) is 4.79 Å². The molecule has 28 heavy (non-hydrogen) atoms. The van der Waals surface area contributed by atoms with Crippen molar-refractivity contribution in [2.24, 2.45) is 40.4 Å². The normalized spacial score (nSPS) is 50.4. The lowest BCUT2D eigenvalue weighted by molar-refractivity contribution is -0.143. The molecule has 4 aliphatic carbocycles. The average molecular weight is 388 g/mol. The number of hydrogen-bond acceptors (Lipinski definition) is 4. The first kappa shape index (κ1) is 19.1. The van der Waals surface area contributed by atoms with Crippen LogP contribution in [-0.2, 0) is 14.4 Å². The zero-order valence-corrected chi connectivity index (χ0v) is 17.8. The SMILES string of the molecule is CNO[C@@H]1CC[C@@]2(C)[C@H](CC[C@@H]3[C@@H]2CC[C@]2(C)[C@@H](C4=CC(=O)OC4)CC[C@@H]32)C1. The quantitative estimate of drug-likeness (QED) is 0.566. The highest BCUT2D eigenvalue weighted by molar-refractivity contribution is 5.85. The molecule has 0 spiro atoms. The second-order valence-electron chi connectivity index (χ2n) is 10.9. The Kier molecular flexibility index (Phi) is 4.67. The molecule has 0 saturated heterocycles. The van der Waals surface area contributed by atoms with Crippen LogP contribution in [-0.4, -0.2) is 25.7 Å². The number of ether oxygens (including phenoxy) is 1. The van der Waals surface area contributed by atoms with Gasteiger partial charge in [-0.25, -0.2) is 10.3 Å². The molecule has 4 saturated carbocycles. The Morgan fingerprint density at radius 1 is 1.04 bits per heavy atom. The van der Waals surface area contributed by atoms with E-state index in [1.807, 2.05) is 13.1 Å². The number of rotatable bonds is 3. The van der Waals surface area contributed by atoms with Crippen LogP contribution in [0.5, 0.6) is 0 Å². The van der Waals surface area contributed by atoms with Gasteiger partial charge in [-0.3, -0.25) is 4.84 Å². The number of nitrogens with one attached hydrogen (secondary N) is 1. The predicted octanol–water partition coefficient (Wildman–Crippen LogP) is 4.65. The molecule has 0 amide bonds. The maximum Gasteiger partial charge on any atom is 0.331 e. The van der Waals surface area contributed by atoms with Gasteiger partial charge in [-0.2, -0.15) is 0 Å². The average Bonchev–Trinajstić information content (AvgIpc) is 3.24. The van der Waals surface area contributed by atoms with Gasteiger partial charge in [-0.05, 0) is 104 Å². The topological polar surface area (TPSA) is 47.6 Å². The van der Waals surface area contributed by atoms with E-state index < -0.39 is 0 Å².